The summed E-state index contributed by atoms with van der Waals surface area (Å²) in [6.07, 6.45) is 2.85. The Labute approximate surface area is 108 Å². The van der Waals surface area contributed by atoms with Gasteiger partial charge in [-0.05, 0) is 11.6 Å². The number of nitrogens with two attached hydrogens (primary N) is 1. The largest absolute Gasteiger partial charge is 0.375 e. The summed E-state index contributed by atoms with van der Waals surface area (Å²) in [6, 6.07) is 7.49. The maximum absolute atomic E-state index is 10.8. The molecule has 4 N–H and O–H groups in total. The topological polar surface area (TPSA) is 88.2 Å². The molecule has 0 spiro atoms. The number of hydrogen-bond acceptors (Lipinski definition) is 5. The molecule has 0 aliphatic rings. The number of anilines is 1. The molecule has 0 unspecified atom stereocenters. The molecule has 1 aromatic carbocycles. The number of amides is 1. The SMILES string of the molecule is Nc1nc(-c2ccc(C=CC(=O)NO)cc2)cs1. The number of hydroxylamine groups is 1. The van der Waals surface area contributed by atoms with Gasteiger partial charge in [0.05, 0.1) is 5.69 Å². The third-order valence-corrected chi connectivity index (χ3v) is 2.94. The van der Waals surface area contributed by atoms with Gasteiger partial charge in [-0.1, -0.05) is 24.3 Å². The van der Waals surface area contributed by atoms with Gasteiger partial charge in [0.1, 0.15) is 0 Å². The van der Waals surface area contributed by atoms with Crippen LogP contribution in [0.2, 0.25) is 0 Å². The summed E-state index contributed by atoms with van der Waals surface area (Å²) in [5, 5.41) is 10.8. The maximum Gasteiger partial charge on any atom is 0.267 e. The highest BCUT2D eigenvalue weighted by atomic mass is 32.1. The molecule has 0 saturated heterocycles. The van der Waals surface area contributed by atoms with E-state index >= 15 is 0 Å². The molecule has 0 aliphatic carbocycles. The highest BCUT2D eigenvalue weighted by Crippen LogP contribution is 2.23. The first-order chi connectivity index (χ1) is 8.69. The number of rotatable bonds is 3. The zero-order valence-corrected chi connectivity index (χ0v) is 10.1. The number of benzene rings is 1. The molecule has 0 bridgehead atoms. The average Bonchev–Trinajstić information content (AvgIpc) is 2.83. The van der Waals surface area contributed by atoms with Gasteiger partial charge in [0.2, 0.25) is 0 Å². The Morgan fingerprint density at radius 1 is 1.39 bits per heavy atom. The molecule has 5 nitrogen and oxygen atoms in total. The second-order valence-corrected chi connectivity index (χ2v) is 4.39. The third kappa shape index (κ3) is 2.93. The van der Waals surface area contributed by atoms with Gasteiger partial charge >= 0.3 is 0 Å². The fourth-order valence-electron chi connectivity index (χ4n) is 1.39. The van der Waals surface area contributed by atoms with Gasteiger partial charge < -0.3 is 5.73 Å². The summed E-state index contributed by atoms with van der Waals surface area (Å²) < 4.78 is 0. The average molecular weight is 261 g/mol. The normalized spacial score (nSPS) is 10.7. The van der Waals surface area contributed by atoms with E-state index in [0.717, 1.165) is 16.8 Å². The zero-order chi connectivity index (χ0) is 13.0. The van der Waals surface area contributed by atoms with E-state index in [-0.39, 0.29) is 0 Å². The number of nitrogen functional groups attached to an aromatic ring is 1. The number of carbonyl (C=O) groups excluding carboxylic acids is 1. The Bertz CT molecular complexity index is 575. The van der Waals surface area contributed by atoms with Crippen molar-refractivity contribution >= 4 is 28.5 Å². The van der Waals surface area contributed by atoms with Crippen LogP contribution < -0.4 is 11.2 Å². The molecule has 1 aromatic heterocycles. The van der Waals surface area contributed by atoms with Crippen LogP contribution in [-0.2, 0) is 4.79 Å². The van der Waals surface area contributed by atoms with Gasteiger partial charge in [-0.15, -0.1) is 11.3 Å². The first-order valence-electron chi connectivity index (χ1n) is 5.12. The quantitative estimate of drug-likeness (QED) is 0.447. The Morgan fingerprint density at radius 2 is 2.11 bits per heavy atom. The van der Waals surface area contributed by atoms with Gasteiger partial charge in [0, 0.05) is 17.0 Å². The molecule has 0 aliphatic heterocycles. The van der Waals surface area contributed by atoms with Crippen molar-refractivity contribution in [3.8, 4) is 11.3 Å². The van der Waals surface area contributed by atoms with Crippen LogP contribution in [-0.4, -0.2) is 16.1 Å². The van der Waals surface area contributed by atoms with E-state index in [1.165, 1.54) is 22.9 Å². The van der Waals surface area contributed by atoms with Crippen LogP contribution in [0.1, 0.15) is 5.56 Å². The smallest absolute Gasteiger partial charge is 0.267 e. The molecule has 18 heavy (non-hydrogen) atoms. The van der Waals surface area contributed by atoms with E-state index in [1.807, 2.05) is 29.6 Å². The van der Waals surface area contributed by atoms with Crippen LogP contribution >= 0.6 is 11.3 Å². The molecule has 1 heterocycles. The summed E-state index contributed by atoms with van der Waals surface area (Å²) in [5.41, 5.74) is 9.75. The van der Waals surface area contributed by atoms with E-state index in [0.29, 0.717) is 5.13 Å². The minimum atomic E-state index is -0.564. The summed E-state index contributed by atoms with van der Waals surface area (Å²) in [7, 11) is 0. The van der Waals surface area contributed by atoms with Crippen molar-refractivity contribution in [2.24, 2.45) is 0 Å². The fourth-order valence-corrected chi connectivity index (χ4v) is 1.97. The van der Waals surface area contributed by atoms with Crippen molar-refractivity contribution in [2.75, 3.05) is 5.73 Å². The van der Waals surface area contributed by atoms with Crippen LogP contribution in [0.3, 0.4) is 0 Å². The number of carbonyl (C=O) groups is 1. The van der Waals surface area contributed by atoms with Crippen LogP contribution in [0.25, 0.3) is 17.3 Å². The van der Waals surface area contributed by atoms with E-state index < -0.39 is 5.91 Å². The summed E-state index contributed by atoms with van der Waals surface area (Å²) in [4.78, 5) is 15.0. The van der Waals surface area contributed by atoms with Crippen molar-refractivity contribution in [3.63, 3.8) is 0 Å². The minimum absolute atomic E-state index is 0.536. The molecule has 1 amide bonds. The maximum atomic E-state index is 10.8. The van der Waals surface area contributed by atoms with E-state index in [4.69, 9.17) is 10.9 Å². The fraction of sp³-hybridized carbons (Fsp3) is 0. The Hall–Kier alpha value is -2.18. The van der Waals surface area contributed by atoms with Crippen molar-refractivity contribution in [2.45, 2.75) is 0 Å². The lowest BCUT2D eigenvalue weighted by Crippen LogP contribution is -2.14. The predicted molar refractivity (Wildman–Crippen MR) is 70.9 cm³/mol. The number of nitrogens with zero attached hydrogens (tertiary/aromatic N) is 1. The van der Waals surface area contributed by atoms with E-state index in [1.54, 1.807) is 6.08 Å². The van der Waals surface area contributed by atoms with Crippen LogP contribution in [0.15, 0.2) is 35.7 Å². The molecule has 2 rings (SSSR count). The Morgan fingerprint density at radius 3 is 2.67 bits per heavy atom. The highest BCUT2D eigenvalue weighted by Gasteiger charge is 2.01. The number of thiazole rings is 1. The van der Waals surface area contributed by atoms with Crippen LogP contribution in [0.5, 0.6) is 0 Å². The van der Waals surface area contributed by atoms with Gasteiger partial charge in [-0.25, -0.2) is 10.5 Å². The molecule has 6 heteroatoms. The lowest BCUT2D eigenvalue weighted by Gasteiger charge is -1.97. The molecular formula is C12H11N3O2S. The third-order valence-electron chi connectivity index (χ3n) is 2.27. The summed E-state index contributed by atoms with van der Waals surface area (Å²) in [5.74, 6) is -0.564. The van der Waals surface area contributed by atoms with Gasteiger partial charge in [0.25, 0.3) is 5.91 Å². The monoisotopic (exact) mass is 261 g/mol. The first-order valence-corrected chi connectivity index (χ1v) is 6.00. The number of nitrogens with one attached hydrogen (secondary N) is 1. The predicted octanol–water partition coefficient (Wildman–Crippen LogP) is 1.91. The van der Waals surface area contributed by atoms with Gasteiger partial charge in [-0.2, -0.15) is 0 Å². The zero-order valence-electron chi connectivity index (χ0n) is 9.33. The van der Waals surface area contributed by atoms with Gasteiger partial charge in [-0.3, -0.25) is 10.0 Å². The molecule has 0 atom stereocenters. The Kier molecular flexibility index (Phi) is 3.71. The van der Waals surface area contributed by atoms with E-state index in [2.05, 4.69) is 4.98 Å². The second-order valence-electron chi connectivity index (χ2n) is 3.50. The molecule has 0 radical (unpaired) electrons. The van der Waals surface area contributed by atoms with Crippen LogP contribution in [0, 0.1) is 0 Å². The number of aromatic nitrogens is 1. The lowest BCUT2D eigenvalue weighted by atomic mass is 10.1. The minimum Gasteiger partial charge on any atom is -0.375 e. The van der Waals surface area contributed by atoms with Crippen LogP contribution in [0.4, 0.5) is 5.13 Å². The molecule has 0 fully saturated rings. The van der Waals surface area contributed by atoms with E-state index in [9.17, 15) is 4.79 Å². The lowest BCUT2D eigenvalue weighted by molar-refractivity contribution is -0.124. The van der Waals surface area contributed by atoms with Crippen molar-refractivity contribution in [1.29, 1.82) is 0 Å². The van der Waals surface area contributed by atoms with Gasteiger partial charge in [0.15, 0.2) is 5.13 Å². The molecule has 2 aromatic rings. The molecule has 92 valence electrons. The standard InChI is InChI=1S/C12H11N3O2S/c13-12-14-10(7-18-12)9-4-1-8(2-5-9)3-6-11(16)15-17/h1-7,17H,(H2,13,14)(H,15,16). The highest BCUT2D eigenvalue weighted by molar-refractivity contribution is 7.13. The first kappa shape index (κ1) is 12.3. The summed E-state index contributed by atoms with van der Waals surface area (Å²) in [6.45, 7) is 0. The van der Waals surface area contributed by atoms with Crippen molar-refractivity contribution in [3.05, 3.63) is 41.3 Å². The Balaban J connectivity index is 2.15. The summed E-state index contributed by atoms with van der Waals surface area (Å²) >= 11 is 1.39. The van der Waals surface area contributed by atoms with Crippen molar-refractivity contribution < 1.29 is 10.0 Å². The second kappa shape index (κ2) is 5.44. The number of hydrogen-bond donors (Lipinski definition) is 3. The molecular weight excluding hydrogens is 250 g/mol. The van der Waals surface area contributed by atoms with Crippen molar-refractivity contribution in [1.82, 2.24) is 10.5 Å². The molecule has 0 saturated carbocycles.